The van der Waals surface area contributed by atoms with Crippen LogP contribution < -0.4 is 0 Å². The normalized spacial score (nSPS) is 24.1. The van der Waals surface area contributed by atoms with E-state index in [2.05, 4.69) is 4.90 Å². The number of esters is 1. The van der Waals surface area contributed by atoms with E-state index in [4.69, 9.17) is 9.84 Å². The maximum atomic E-state index is 11.3. The minimum Gasteiger partial charge on any atom is -0.466 e. The Hall–Kier alpha value is -0.610. The van der Waals surface area contributed by atoms with Crippen molar-refractivity contribution in [3.63, 3.8) is 0 Å². The van der Waals surface area contributed by atoms with Crippen LogP contribution >= 0.6 is 0 Å². The molecule has 1 N–H and O–H groups in total. The van der Waals surface area contributed by atoms with Crippen molar-refractivity contribution >= 4 is 5.97 Å². The molecule has 1 heterocycles. The van der Waals surface area contributed by atoms with E-state index < -0.39 is 0 Å². The zero-order valence-electron chi connectivity index (χ0n) is 9.61. The smallest absolute Gasteiger partial charge is 0.307 e. The highest BCUT2D eigenvalue weighted by Gasteiger charge is 2.28. The summed E-state index contributed by atoms with van der Waals surface area (Å²) >= 11 is 0. The molecule has 0 aliphatic carbocycles. The third-order valence-electron chi connectivity index (χ3n) is 2.97. The first-order chi connectivity index (χ1) is 7.19. The molecular weight excluding hydrogens is 194 g/mol. The lowest BCUT2D eigenvalue weighted by Gasteiger charge is -2.28. The summed E-state index contributed by atoms with van der Waals surface area (Å²) in [6.07, 6.45) is 2.56. The van der Waals surface area contributed by atoms with Gasteiger partial charge in [-0.05, 0) is 33.2 Å². The molecule has 0 aromatic carbocycles. The van der Waals surface area contributed by atoms with Crippen molar-refractivity contribution in [3.8, 4) is 0 Å². The van der Waals surface area contributed by atoms with Gasteiger partial charge in [-0.25, -0.2) is 0 Å². The van der Waals surface area contributed by atoms with Gasteiger partial charge in [0, 0.05) is 12.1 Å². The van der Waals surface area contributed by atoms with Gasteiger partial charge in [-0.15, -0.1) is 0 Å². The highest BCUT2D eigenvalue weighted by molar-refractivity contribution is 5.70. The second-order valence-corrected chi connectivity index (χ2v) is 4.07. The number of nitrogens with zero attached hydrogens (tertiary/aromatic N) is 1. The SMILES string of the molecule is CCOC(=O)CC(C)N1CCC[C@H]1CO. The molecule has 1 saturated heterocycles. The molecule has 4 heteroatoms. The Morgan fingerprint density at radius 2 is 2.40 bits per heavy atom. The summed E-state index contributed by atoms with van der Waals surface area (Å²) in [6, 6.07) is 0.401. The first kappa shape index (κ1) is 12.5. The summed E-state index contributed by atoms with van der Waals surface area (Å²) in [5.74, 6) is -0.145. The number of aliphatic hydroxyl groups excluding tert-OH is 1. The molecule has 0 amide bonds. The maximum Gasteiger partial charge on any atom is 0.307 e. The standard InChI is InChI=1S/C11H21NO3/c1-3-15-11(14)7-9(2)12-6-4-5-10(12)8-13/h9-10,13H,3-8H2,1-2H3/t9?,10-/m0/s1. The predicted molar refractivity (Wildman–Crippen MR) is 57.5 cm³/mol. The molecule has 0 saturated carbocycles. The van der Waals surface area contributed by atoms with Crippen molar-refractivity contribution in [3.05, 3.63) is 0 Å². The number of likely N-dealkylation sites (tertiary alicyclic amines) is 1. The average molecular weight is 215 g/mol. The minimum absolute atomic E-state index is 0.145. The average Bonchev–Trinajstić information content (AvgIpc) is 2.65. The van der Waals surface area contributed by atoms with Gasteiger partial charge >= 0.3 is 5.97 Å². The van der Waals surface area contributed by atoms with Crippen molar-refractivity contribution in [2.75, 3.05) is 19.8 Å². The van der Waals surface area contributed by atoms with Crippen LogP contribution in [0.4, 0.5) is 0 Å². The molecule has 1 fully saturated rings. The van der Waals surface area contributed by atoms with Gasteiger partial charge in [-0.3, -0.25) is 9.69 Å². The van der Waals surface area contributed by atoms with Crippen LogP contribution in [0, 0.1) is 0 Å². The van der Waals surface area contributed by atoms with E-state index >= 15 is 0 Å². The summed E-state index contributed by atoms with van der Waals surface area (Å²) in [5, 5.41) is 9.16. The van der Waals surface area contributed by atoms with Crippen LogP contribution in [0.1, 0.15) is 33.1 Å². The van der Waals surface area contributed by atoms with E-state index in [-0.39, 0.29) is 24.7 Å². The van der Waals surface area contributed by atoms with Gasteiger partial charge in [0.15, 0.2) is 0 Å². The summed E-state index contributed by atoms with van der Waals surface area (Å²) in [7, 11) is 0. The molecule has 1 rings (SSSR count). The quantitative estimate of drug-likeness (QED) is 0.689. The number of aliphatic hydroxyl groups is 1. The summed E-state index contributed by atoms with van der Waals surface area (Å²) in [4.78, 5) is 13.5. The van der Waals surface area contributed by atoms with Crippen LogP contribution in [-0.2, 0) is 9.53 Å². The third kappa shape index (κ3) is 3.47. The minimum atomic E-state index is -0.145. The van der Waals surface area contributed by atoms with E-state index in [1.165, 1.54) is 0 Å². The van der Waals surface area contributed by atoms with Gasteiger partial charge < -0.3 is 9.84 Å². The Morgan fingerprint density at radius 1 is 1.67 bits per heavy atom. The Kier molecular flexibility index (Phi) is 5.05. The van der Waals surface area contributed by atoms with Gasteiger partial charge in [-0.1, -0.05) is 0 Å². The number of carbonyl (C=O) groups excluding carboxylic acids is 1. The van der Waals surface area contributed by atoms with E-state index in [1.807, 2.05) is 13.8 Å². The molecule has 15 heavy (non-hydrogen) atoms. The zero-order chi connectivity index (χ0) is 11.3. The summed E-state index contributed by atoms with van der Waals surface area (Å²) in [6.45, 7) is 5.44. The Labute approximate surface area is 91.2 Å². The molecule has 0 aromatic heterocycles. The fourth-order valence-electron chi connectivity index (χ4n) is 2.21. The van der Waals surface area contributed by atoms with Crippen molar-refractivity contribution in [1.29, 1.82) is 0 Å². The number of rotatable bonds is 5. The molecule has 1 aliphatic heterocycles. The van der Waals surface area contributed by atoms with Crippen molar-refractivity contribution in [2.45, 2.75) is 45.2 Å². The van der Waals surface area contributed by atoms with E-state index in [0.29, 0.717) is 13.0 Å². The molecule has 0 radical (unpaired) electrons. The molecule has 88 valence electrons. The summed E-state index contributed by atoms with van der Waals surface area (Å²) < 4.78 is 4.91. The monoisotopic (exact) mass is 215 g/mol. The second-order valence-electron chi connectivity index (χ2n) is 4.07. The molecule has 1 aliphatic rings. The lowest BCUT2D eigenvalue weighted by atomic mass is 10.1. The lowest BCUT2D eigenvalue weighted by Crippen LogP contribution is -2.40. The van der Waals surface area contributed by atoms with Crippen LogP contribution in [0.25, 0.3) is 0 Å². The number of hydrogen-bond acceptors (Lipinski definition) is 4. The summed E-state index contributed by atoms with van der Waals surface area (Å²) in [5.41, 5.74) is 0. The molecule has 4 nitrogen and oxygen atoms in total. The fourth-order valence-corrected chi connectivity index (χ4v) is 2.21. The van der Waals surface area contributed by atoms with Crippen LogP contribution in [0.2, 0.25) is 0 Å². The Bertz CT molecular complexity index is 208. The fraction of sp³-hybridized carbons (Fsp3) is 0.909. The van der Waals surface area contributed by atoms with Crippen molar-refractivity contribution < 1.29 is 14.6 Å². The van der Waals surface area contributed by atoms with Crippen LogP contribution in [-0.4, -0.2) is 47.8 Å². The van der Waals surface area contributed by atoms with Gasteiger partial charge in [0.1, 0.15) is 0 Å². The molecule has 0 bridgehead atoms. The van der Waals surface area contributed by atoms with Gasteiger partial charge in [0.25, 0.3) is 0 Å². The van der Waals surface area contributed by atoms with Gasteiger partial charge in [-0.2, -0.15) is 0 Å². The molecule has 1 unspecified atom stereocenters. The van der Waals surface area contributed by atoms with Crippen LogP contribution in [0.5, 0.6) is 0 Å². The number of ether oxygens (including phenoxy) is 1. The molecule has 0 spiro atoms. The van der Waals surface area contributed by atoms with Gasteiger partial charge in [0.2, 0.25) is 0 Å². The first-order valence-electron chi connectivity index (χ1n) is 5.71. The zero-order valence-corrected chi connectivity index (χ0v) is 9.61. The van der Waals surface area contributed by atoms with Crippen LogP contribution in [0.15, 0.2) is 0 Å². The first-order valence-corrected chi connectivity index (χ1v) is 5.71. The lowest BCUT2D eigenvalue weighted by molar-refractivity contribution is -0.144. The molecule has 0 aromatic rings. The van der Waals surface area contributed by atoms with E-state index in [0.717, 1.165) is 19.4 Å². The Balaban J connectivity index is 2.38. The van der Waals surface area contributed by atoms with E-state index in [1.54, 1.807) is 0 Å². The third-order valence-corrected chi connectivity index (χ3v) is 2.97. The van der Waals surface area contributed by atoms with Crippen LogP contribution in [0.3, 0.4) is 0 Å². The topological polar surface area (TPSA) is 49.8 Å². The largest absolute Gasteiger partial charge is 0.466 e. The molecule has 2 atom stereocenters. The Morgan fingerprint density at radius 3 is 3.00 bits per heavy atom. The highest BCUT2D eigenvalue weighted by atomic mass is 16.5. The predicted octanol–water partition coefficient (Wildman–Crippen LogP) is 0.785. The van der Waals surface area contributed by atoms with Crippen molar-refractivity contribution in [2.24, 2.45) is 0 Å². The highest BCUT2D eigenvalue weighted by Crippen LogP contribution is 2.21. The van der Waals surface area contributed by atoms with Crippen molar-refractivity contribution in [1.82, 2.24) is 4.90 Å². The second kappa shape index (κ2) is 6.08. The van der Waals surface area contributed by atoms with E-state index in [9.17, 15) is 4.79 Å². The number of carbonyl (C=O) groups is 1. The number of hydrogen-bond donors (Lipinski definition) is 1. The molecular formula is C11H21NO3. The maximum absolute atomic E-state index is 11.3. The van der Waals surface area contributed by atoms with Gasteiger partial charge in [0.05, 0.1) is 19.6 Å².